The molecule has 4 nitrogen and oxygen atoms in total. The number of hydrogen-bond donors (Lipinski definition) is 1. The van der Waals surface area contributed by atoms with E-state index in [1.54, 1.807) is 6.92 Å². The third-order valence-electron chi connectivity index (χ3n) is 4.31. The van der Waals surface area contributed by atoms with E-state index in [9.17, 15) is 4.79 Å². The standard InChI is InChI=1S/C21H23N3O/c1-17(25)24-15-14-23(20-7-3-4-8-21(20)24)16-19-11-9-18(10-12-19)6-5-13-22-2/h3-4,7-12,22H,13-16H2,1-2H3. The summed E-state index contributed by atoms with van der Waals surface area (Å²) in [5, 5.41) is 3.02. The van der Waals surface area contributed by atoms with Crippen LogP contribution in [0.3, 0.4) is 0 Å². The van der Waals surface area contributed by atoms with Gasteiger partial charge in [-0.3, -0.25) is 4.79 Å². The summed E-state index contributed by atoms with van der Waals surface area (Å²) < 4.78 is 0. The number of nitrogens with zero attached hydrogens (tertiary/aromatic N) is 2. The largest absolute Gasteiger partial charge is 0.364 e. The average molecular weight is 333 g/mol. The first kappa shape index (κ1) is 17.1. The van der Waals surface area contributed by atoms with E-state index in [1.165, 1.54) is 5.56 Å². The van der Waals surface area contributed by atoms with Crippen LogP contribution in [0.1, 0.15) is 18.1 Å². The van der Waals surface area contributed by atoms with Crippen LogP contribution in [-0.2, 0) is 11.3 Å². The van der Waals surface area contributed by atoms with Crippen molar-refractivity contribution in [3.05, 3.63) is 59.7 Å². The number of carbonyl (C=O) groups is 1. The van der Waals surface area contributed by atoms with Gasteiger partial charge < -0.3 is 15.1 Å². The fourth-order valence-electron chi connectivity index (χ4n) is 3.06. The van der Waals surface area contributed by atoms with Crippen molar-refractivity contribution in [2.45, 2.75) is 13.5 Å². The second-order valence-corrected chi connectivity index (χ2v) is 6.11. The number of rotatable bonds is 3. The molecule has 4 heteroatoms. The highest BCUT2D eigenvalue weighted by Gasteiger charge is 2.24. The molecule has 0 unspecified atom stereocenters. The maximum Gasteiger partial charge on any atom is 0.223 e. The smallest absolute Gasteiger partial charge is 0.223 e. The fourth-order valence-corrected chi connectivity index (χ4v) is 3.06. The van der Waals surface area contributed by atoms with Crippen molar-refractivity contribution in [2.24, 2.45) is 0 Å². The second-order valence-electron chi connectivity index (χ2n) is 6.11. The predicted octanol–water partition coefficient (Wildman–Crippen LogP) is 2.63. The molecule has 1 aliphatic heterocycles. The molecule has 1 aliphatic rings. The van der Waals surface area contributed by atoms with E-state index in [2.05, 4.69) is 52.4 Å². The Balaban J connectivity index is 1.76. The first-order valence-corrected chi connectivity index (χ1v) is 8.53. The zero-order valence-corrected chi connectivity index (χ0v) is 14.7. The lowest BCUT2D eigenvalue weighted by molar-refractivity contribution is -0.116. The van der Waals surface area contributed by atoms with E-state index in [4.69, 9.17) is 0 Å². The summed E-state index contributed by atoms with van der Waals surface area (Å²) in [6.07, 6.45) is 0. The third-order valence-corrected chi connectivity index (χ3v) is 4.31. The zero-order valence-electron chi connectivity index (χ0n) is 14.7. The van der Waals surface area contributed by atoms with Crippen LogP contribution in [0, 0.1) is 11.8 Å². The minimum absolute atomic E-state index is 0.0941. The van der Waals surface area contributed by atoms with Gasteiger partial charge in [0.1, 0.15) is 0 Å². The monoisotopic (exact) mass is 333 g/mol. The van der Waals surface area contributed by atoms with Crippen molar-refractivity contribution in [3.8, 4) is 11.8 Å². The molecule has 0 bridgehead atoms. The Hall–Kier alpha value is -2.77. The van der Waals surface area contributed by atoms with Crippen LogP contribution in [0.2, 0.25) is 0 Å². The normalized spacial score (nSPS) is 13.0. The van der Waals surface area contributed by atoms with Crippen LogP contribution in [0.15, 0.2) is 48.5 Å². The van der Waals surface area contributed by atoms with Crippen LogP contribution in [-0.4, -0.2) is 32.6 Å². The summed E-state index contributed by atoms with van der Waals surface area (Å²) >= 11 is 0. The van der Waals surface area contributed by atoms with Gasteiger partial charge in [-0.1, -0.05) is 36.1 Å². The minimum Gasteiger partial charge on any atom is -0.364 e. The summed E-state index contributed by atoms with van der Waals surface area (Å²) in [7, 11) is 1.89. The summed E-state index contributed by atoms with van der Waals surface area (Å²) in [5.74, 6) is 6.31. The molecule has 1 heterocycles. The molecule has 0 radical (unpaired) electrons. The van der Waals surface area contributed by atoms with Gasteiger partial charge >= 0.3 is 0 Å². The Morgan fingerprint density at radius 3 is 2.48 bits per heavy atom. The van der Waals surface area contributed by atoms with E-state index in [0.717, 1.165) is 36.6 Å². The molecule has 0 aromatic heterocycles. The molecule has 0 spiro atoms. The lowest BCUT2D eigenvalue weighted by Gasteiger charge is -2.37. The Morgan fingerprint density at radius 2 is 1.80 bits per heavy atom. The van der Waals surface area contributed by atoms with Gasteiger partial charge in [-0.15, -0.1) is 0 Å². The molecule has 0 saturated carbocycles. The summed E-state index contributed by atoms with van der Waals surface area (Å²) in [6, 6.07) is 16.5. The molecule has 1 N–H and O–H groups in total. The van der Waals surface area contributed by atoms with Gasteiger partial charge in [0.15, 0.2) is 0 Å². The lowest BCUT2D eigenvalue weighted by Crippen LogP contribution is -2.42. The SMILES string of the molecule is CNCC#Cc1ccc(CN2CCN(C(C)=O)c3ccccc32)cc1. The van der Waals surface area contributed by atoms with Crippen molar-refractivity contribution in [1.29, 1.82) is 0 Å². The van der Waals surface area contributed by atoms with Crippen LogP contribution in [0.4, 0.5) is 11.4 Å². The highest BCUT2D eigenvalue weighted by molar-refractivity contribution is 5.96. The maximum absolute atomic E-state index is 11.9. The lowest BCUT2D eigenvalue weighted by atomic mass is 10.1. The van der Waals surface area contributed by atoms with Crippen molar-refractivity contribution in [3.63, 3.8) is 0 Å². The molecule has 0 aliphatic carbocycles. The van der Waals surface area contributed by atoms with E-state index in [0.29, 0.717) is 6.54 Å². The summed E-state index contributed by atoms with van der Waals surface area (Å²) in [6.45, 7) is 4.70. The van der Waals surface area contributed by atoms with Crippen LogP contribution >= 0.6 is 0 Å². The van der Waals surface area contributed by atoms with Crippen molar-refractivity contribution in [2.75, 3.05) is 36.5 Å². The van der Waals surface area contributed by atoms with E-state index >= 15 is 0 Å². The number of amides is 1. The molecular formula is C21H23N3O. The van der Waals surface area contributed by atoms with Gasteiger partial charge in [-0.05, 0) is 36.9 Å². The quantitative estimate of drug-likeness (QED) is 0.877. The average Bonchev–Trinajstić information content (AvgIpc) is 2.63. The molecule has 0 atom stereocenters. The number of benzene rings is 2. The number of hydrogen-bond acceptors (Lipinski definition) is 3. The molecular weight excluding hydrogens is 310 g/mol. The fraction of sp³-hybridized carbons (Fsp3) is 0.286. The first-order chi connectivity index (χ1) is 12.2. The number of carbonyl (C=O) groups excluding carboxylic acids is 1. The highest BCUT2D eigenvalue weighted by atomic mass is 16.2. The number of para-hydroxylation sites is 2. The maximum atomic E-state index is 11.9. The van der Waals surface area contributed by atoms with Crippen molar-refractivity contribution < 1.29 is 4.79 Å². The second kappa shape index (κ2) is 7.87. The van der Waals surface area contributed by atoms with Gasteiger partial charge in [0.2, 0.25) is 5.91 Å². The van der Waals surface area contributed by atoms with Gasteiger partial charge in [-0.25, -0.2) is 0 Å². The molecule has 2 aromatic rings. The van der Waals surface area contributed by atoms with Crippen molar-refractivity contribution >= 4 is 17.3 Å². The minimum atomic E-state index is 0.0941. The van der Waals surface area contributed by atoms with Crippen molar-refractivity contribution in [1.82, 2.24) is 5.32 Å². The third kappa shape index (κ3) is 4.01. The molecule has 128 valence electrons. The van der Waals surface area contributed by atoms with Crippen LogP contribution < -0.4 is 15.1 Å². The number of fused-ring (bicyclic) bond motifs is 1. The Bertz CT molecular complexity index is 802. The van der Waals surface area contributed by atoms with Gasteiger partial charge in [0.05, 0.1) is 17.9 Å². The molecule has 1 amide bonds. The summed E-state index contributed by atoms with van der Waals surface area (Å²) in [4.78, 5) is 16.0. The van der Waals surface area contributed by atoms with Crippen LogP contribution in [0.25, 0.3) is 0 Å². The first-order valence-electron chi connectivity index (χ1n) is 8.53. The Labute approximate surface area is 149 Å². The van der Waals surface area contributed by atoms with Gasteiger partial charge in [-0.2, -0.15) is 0 Å². The molecule has 25 heavy (non-hydrogen) atoms. The molecule has 2 aromatic carbocycles. The van der Waals surface area contributed by atoms with E-state index < -0.39 is 0 Å². The van der Waals surface area contributed by atoms with Gasteiger partial charge in [0, 0.05) is 32.1 Å². The zero-order chi connectivity index (χ0) is 17.6. The van der Waals surface area contributed by atoms with E-state index in [-0.39, 0.29) is 5.91 Å². The number of anilines is 2. The Kier molecular flexibility index (Phi) is 5.37. The molecule has 0 fully saturated rings. The van der Waals surface area contributed by atoms with Crippen LogP contribution in [0.5, 0.6) is 0 Å². The predicted molar refractivity (Wildman–Crippen MR) is 103 cm³/mol. The molecule has 3 rings (SSSR count). The molecule has 0 saturated heterocycles. The highest BCUT2D eigenvalue weighted by Crippen LogP contribution is 2.33. The summed E-state index contributed by atoms with van der Waals surface area (Å²) in [5.41, 5.74) is 4.38. The topological polar surface area (TPSA) is 35.6 Å². The number of nitrogens with one attached hydrogen (secondary N) is 1. The van der Waals surface area contributed by atoms with E-state index in [1.807, 2.05) is 30.1 Å². The van der Waals surface area contributed by atoms with Gasteiger partial charge in [0.25, 0.3) is 0 Å². The Morgan fingerprint density at radius 1 is 1.08 bits per heavy atom.